The van der Waals surface area contributed by atoms with Crippen molar-refractivity contribution < 1.29 is 22.4 Å². The lowest BCUT2D eigenvalue weighted by Crippen LogP contribution is -2.29. The van der Waals surface area contributed by atoms with Crippen LogP contribution in [0.15, 0.2) is 48.5 Å². The van der Waals surface area contributed by atoms with Gasteiger partial charge in [0.1, 0.15) is 11.6 Å². The molecule has 0 amide bonds. The average molecular weight is 444 g/mol. The lowest BCUT2D eigenvalue weighted by molar-refractivity contribution is -0.137. The summed E-state index contributed by atoms with van der Waals surface area (Å²) < 4.78 is 52.5. The first-order valence-electron chi connectivity index (χ1n) is 9.91. The van der Waals surface area contributed by atoms with Gasteiger partial charge in [0.2, 0.25) is 5.95 Å². The molecule has 0 saturated heterocycles. The van der Waals surface area contributed by atoms with E-state index in [2.05, 4.69) is 20.6 Å². The second kappa shape index (κ2) is 7.89. The van der Waals surface area contributed by atoms with Crippen molar-refractivity contribution in [3.8, 4) is 0 Å². The van der Waals surface area contributed by atoms with E-state index in [4.69, 9.17) is 0 Å². The van der Waals surface area contributed by atoms with Gasteiger partial charge in [-0.25, -0.2) is 9.37 Å². The third kappa shape index (κ3) is 4.71. The highest BCUT2D eigenvalue weighted by molar-refractivity contribution is 6.03. The smallest absolute Gasteiger partial charge is 0.339 e. The topological polar surface area (TPSA) is 66.9 Å². The Morgan fingerprint density at radius 3 is 2.34 bits per heavy atom. The summed E-state index contributed by atoms with van der Waals surface area (Å²) in [6.45, 7) is 3.89. The average Bonchev–Trinajstić information content (AvgIpc) is 2.68. The standard InChI is InChI=1S/C23H20F4N4O/c1-22(2)11-17-19(18(32)12-22)20(28-15-8-6-14(24)7-9-15)31-21(30-17)29-16-5-3-4-13(10-16)23(25,26)27/h3-10H,11-12H2,1-2H3,(H2,28,29,30,31). The number of carbonyl (C=O) groups excluding carboxylic acids is 1. The molecule has 166 valence electrons. The van der Waals surface area contributed by atoms with E-state index in [0.717, 1.165) is 12.1 Å². The van der Waals surface area contributed by atoms with Crippen molar-refractivity contribution in [1.29, 1.82) is 0 Å². The van der Waals surface area contributed by atoms with Gasteiger partial charge in [0.15, 0.2) is 5.78 Å². The van der Waals surface area contributed by atoms with Gasteiger partial charge in [-0.1, -0.05) is 19.9 Å². The molecule has 2 N–H and O–H groups in total. The Labute approximate surface area is 181 Å². The third-order valence-corrected chi connectivity index (χ3v) is 5.10. The van der Waals surface area contributed by atoms with Gasteiger partial charge in [0, 0.05) is 17.8 Å². The lowest BCUT2D eigenvalue weighted by Gasteiger charge is -2.30. The number of halogens is 4. The van der Waals surface area contributed by atoms with Crippen LogP contribution in [0, 0.1) is 11.2 Å². The molecule has 0 fully saturated rings. The van der Waals surface area contributed by atoms with E-state index in [1.54, 1.807) is 0 Å². The van der Waals surface area contributed by atoms with Crippen LogP contribution in [0.1, 0.15) is 41.9 Å². The maximum absolute atomic E-state index is 13.3. The predicted octanol–water partition coefficient (Wildman–Crippen LogP) is 6.28. The van der Waals surface area contributed by atoms with Gasteiger partial charge >= 0.3 is 6.18 Å². The number of nitrogens with zero attached hydrogens (tertiary/aromatic N) is 2. The number of aromatic nitrogens is 2. The van der Waals surface area contributed by atoms with Crippen LogP contribution in [-0.2, 0) is 12.6 Å². The van der Waals surface area contributed by atoms with Crippen LogP contribution in [-0.4, -0.2) is 15.8 Å². The molecule has 1 aliphatic rings. The molecule has 5 nitrogen and oxygen atoms in total. The number of hydrogen-bond donors (Lipinski definition) is 2. The minimum absolute atomic E-state index is 0.0539. The third-order valence-electron chi connectivity index (χ3n) is 5.10. The van der Waals surface area contributed by atoms with Crippen molar-refractivity contribution in [1.82, 2.24) is 9.97 Å². The molecule has 4 rings (SSSR count). The summed E-state index contributed by atoms with van der Waals surface area (Å²) in [5.41, 5.74) is 0.382. The number of alkyl halides is 3. The Morgan fingerprint density at radius 1 is 0.938 bits per heavy atom. The van der Waals surface area contributed by atoms with Crippen LogP contribution < -0.4 is 10.6 Å². The van der Waals surface area contributed by atoms with Crippen LogP contribution in [0.5, 0.6) is 0 Å². The van der Waals surface area contributed by atoms with Crippen molar-refractivity contribution >= 4 is 28.9 Å². The minimum Gasteiger partial charge on any atom is -0.339 e. The summed E-state index contributed by atoms with van der Waals surface area (Å²) >= 11 is 0. The molecular weight excluding hydrogens is 424 g/mol. The molecule has 1 aromatic heterocycles. The Hall–Kier alpha value is -3.49. The Morgan fingerprint density at radius 2 is 1.66 bits per heavy atom. The van der Waals surface area contributed by atoms with E-state index in [9.17, 15) is 22.4 Å². The molecule has 0 radical (unpaired) electrons. The van der Waals surface area contributed by atoms with Gasteiger partial charge in [0.05, 0.1) is 16.8 Å². The maximum Gasteiger partial charge on any atom is 0.416 e. The molecule has 9 heteroatoms. The maximum atomic E-state index is 13.3. The molecule has 0 unspecified atom stereocenters. The fraction of sp³-hybridized carbons (Fsp3) is 0.261. The van der Waals surface area contributed by atoms with Crippen LogP contribution in [0.4, 0.5) is 40.7 Å². The number of hydrogen-bond acceptors (Lipinski definition) is 5. The molecule has 1 aliphatic carbocycles. The van der Waals surface area contributed by atoms with Crippen LogP contribution in [0.25, 0.3) is 0 Å². The van der Waals surface area contributed by atoms with E-state index in [1.165, 1.54) is 36.4 Å². The first kappa shape index (κ1) is 21.7. The zero-order chi connectivity index (χ0) is 23.1. The molecule has 1 heterocycles. The molecule has 2 aromatic carbocycles. The Bertz CT molecular complexity index is 1170. The molecule has 32 heavy (non-hydrogen) atoms. The largest absolute Gasteiger partial charge is 0.416 e. The zero-order valence-corrected chi connectivity index (χ0v) is 17.3. The molecule has 3 aromatic rings. The van der Waals surface area contributed by atoms with Crippen molar-refractivity contribution in [2.75, 3.05) is 10.6 Å². The van der Waals surface area contributed by atoms with Crippen LogP contribution in [0.3, 0.4) is 0 Å². The summed E-state index contributed by atoms with van der Waals surface area (Å²) in [4.78, 5) is 21.7. The molecule has 0 atom stereocenters. The van der Waals surface area contributed by atoms with Gasteiger partial charge < -0.3 is 10.6 Å². The molecule has 0 saturated carbocycles. The van der Waals surface area contributed by atoms with Crippen molar-refractivity contribution in [2.45, 2.75) is 32.9 Å². The second-order valence-corrected chi connectivity index (χ2v) is 8.49. The summed E-state index contributed by atoms with van der Waals surface area (Å²) in [5.74, 6) is -0.272. The SMILES string of the molecule is CC1(C)CC(=O)c2c(nc(Nc3cccc(C(F)(F)F)c3)nc2Nc2ccc(F)cc2)C1. The summed E-state index contributed by atoms with van der Waals surface area (Å²) in [6, 6.07) is 10.2. The Balaban J connectivity index is 1.75. The molecule has 0 aliphatic heterocycles. The molecule has 0 bridgehead atoms. The minimum atomic E-state index is -4.49. The number of carbonyl (C=O) groups is 1. The second-order valence-electron chi connectivity index (χ2n) is 8.49. The van der Waals surface area contributed by atoms with E-state index < -0.39 is 17.6 Å². The summed E-state index contributed by atoms with van der Waals surface area (Å²) in [6.07, 6.45) is -3.69. The number of nitrogens with one attached hydrogen (secondary N) is 2. The fourth-order valence-corrected chi connectivity index (χ4v) is 3.69. The highest BCUT2D eigenvalue weighted by Gasteiger charge is 2.35. The predicted molar refractivity (Wildman–Crippen MR) is 113 cm³/mol. The summed E-state index contributed by atoms with van der Waals surface area (Å²) in [5, 5.41) is 5.83. The first-order chi connectivity index (χ1) is 15.0. The van der Waals surface area contributed by atoms with Crippen molar-refractivity contribution in [3.63, 3.8) is 0 Å². The lowest BCUT2D eigenvalue weighted by atomic mass is 9.75. The molecular formula is C23H20F4N4O. The van der Waals surface area contributed by atoms with Crippen LogP contribution >= 0.6 is 0 Å². The quantitative estimate of drug-likeness (QED) is 0.464. The summed E-state index contributed by atoms with van der Waals surface area (Å²) in [7, 11) is 0. The number of anilines is 4. The first-order valence-corrected chi connectivity index (χ1v) is 9.91. The zero-order valence-electron chi connectivity index (χ0n) is 17.3. The van der Waals surface area contributed by atoms with Crippen LogP contribution in [0.2, 0.25) is 0 Å². The van der Waals surface area contributed by atoms with Gasteiger partial charge in [-0.15, -0.1) is 0 Å². The number of ketones is 1. The van der Waals surface area contributed by atoms with E-state index in [1.807, 2.05) is 13.8 Å². The van der Waals surface area contributed by atoms with Crippen molar-refractivity contribution in [2.24, 2.45) is 5.41 Å². The van der Waals surface area contributed by atoms with E-state index in [-0.39, 0.29) is 28.7 Å². The number of rotatable bonds is 4. The number of Topliss-reactive ketones (excluding diaryl/α,β-unsaturated/α-hetero) is 1. The monoisotopic (exact) mass is 444 g/mol. The van der Waals surface area contributed by atoms with Gasteiger partial charge in [-0.05, 0) is 54.3 Å². The van der Waals surface area contributed by atoms with Gasteiger partial charge in [-0.2, -0.15) is 18.2 Å². The van der Waals surface area contributed by atoms with E-state index >= 15 is 0 Å². The van der Waals surface area contributed by atoms with Gasteiger partial charge in [0.25, 0.3) is 0 Å². The van der Waals surface area contributed by atoms with E-state index in [0.29, 0.717) is 29.8 Å². The highest BCUT2D eigenvalue weighted by Crippen LogP contribution is 2.38. The number of fused-ring (bicyclic) bond motifs is 1. The number of benzene rings is 2. The normalized spacial score (nSPS) is 15.2. The highest BCUT2D eigenvalue weighted by atomic mass is 19.4. The van der Waals surface area contributed by atoms with Gasteiger partial charge in [-0.3, -0.25) is 4.79 Å². The fourth-order valence-electron chi connectivity index (χ4n) is 3.69. The van der Waals surface area contributed by atoms with Crippen molar-refractivity contribution in [3.05, 3.63) is 71.2 Å². The Kier molecular flexibility index (Phi) is 5.36. The molecule has 0 spiro atoms.